The van der Waals surface area contributed by atoms with E-state index in [0.29, 0.717) is 11.6 Å². The van der Waals surface area contributed by atoms with Crippen LogP contribution < -0.4 is 0 Å². The molecule has 6 aromatic rings. The SMILES string of the molecule is CC(C)Cc1ccc2ccc3c(oc4ncnc(-c5[c-]c6ccccc6c(C(C)(C)C)c5)c43)c2c1.CCC(CC)C(=O)/C=C(\O)C(CC)CC.[Ir]. The fourth-order valence-corrected chi connectivity index (χ4v) is 6.99. The number of ketones is 1. The number of benzene rings is 4. The monoisotopic (exact) mass is 862 g/mol. The summed E-state index contributed by atoms with van der Waals surface area (Å²) < 4.78 is 6.41. The van der Waals surface area contributed by atoms with Crippen LogP contribution in [0.3, 0.4) is 0 Å². The van der Waals surface area contributed by atoms with Crippen molar-refractivity contribution in [2.45, 2.75) is 99.8 Å². The third-order valence-electron chi connectivity index (χ3n) is 9.88. The molecule has 0 unspecified atom stereocenters. The Kier molecular flexibility index (Phi) is 13.4. The molecule has 5 nitrogen and oxygen atoms in total. The zero-order valence-electron chi connectivity index (χ0n) is 31.7. The first-order chi connectivity index (χ1) is 23.9. The van der Waals surface area contributed by atoms with Crippen LogP contribution in [0.25, 0.3) is 54.9 Å². The predicted octanol–water partition coefficient (Wildman–Crippen LogP) is 12.5. The molecule has 51 heavy (non-hydrogen) atoms. The van der Waals surface area contributed by atoms with Crippen LogP contribution in [0.5, 0.6) is 0 Å². The van der Waals surface area contributed by atoms with Crippen LogP contribution in [0, 0.1) is 23.8 Å². The van der Waals surface area contributed by atoms with E-state index in [4.69, 9.17) is 9.40 Å². The Morgan fingerprint density at radius 2 is 1.53 bits per heavy atom. The van der Waals surface area contributed by atoms with Gasteiger partial charge < -0.3 is 9.52 Å². The maximum atomic E-state index is 11.7. The van der Waals surface area contributed by atoms with Crippen molar-refractivity contribution in [2.75, 3.05) is 0 Å². The molecule has 0 spiro atoms. The van der Waals surface area contributed by atoms with E-state index in [9.17, 15) is 9.90 Å². The molecule has 2 aromatic heterocycles. The molecule has 4 aromatic carbocycles. The summed E-state index contributed by atoms with van der Waals surface area (Å²) in [6.07, 6.45) is 7.55. The van der Waals surface area contributed by atoms with Gasteiger partial charge in [0.1, 0.15) is 11.9 Å². The van der Waals surface area contributed by atoms with Gasteiger partial charge in [-0.1, -0.05) is 116 Å². The molecule has 6 heteroatoms. The number of hydrogen-bond donors (Lipinski definition) is 1. The van der Waals surface area contributed by atoms with Crippen molar-refractivity contribution in [3.05, 3.63) is 96.0 Å². The largest absolute Gasteiger partial charge is 0.512 e. The molecule has 271 valence electrons. The van der Waals surface area contributed by atoms with Crippen molar-refractivity contribution in [2.24, 2.45) is 17.8 Å². The van der Waals surface area contributed by atoms with E-state index < -0.39 is 0 Å². The zero-order valence-corrected chi connectivity index (χ0v) is 34.1. The van der Waals surface area contributed by atoms with Gasteiger partial charge in [0.15, 0.2) is 5.78 Å². The summed E-state index contributed by atoms with van der Waals surface area (Å²) in [7, 11) is 0. The van der Waals surface area contributed by atoms with E-state index in [1.54, 1.807) is 6.33 Å². The first-order valence-electron chi connectivity index (χ1n) is 18.4. The molecule has 2 heterocycles. The number of rotatable bonds is 10. The average Bonchev–Trinajstić information content (AvgIpc) is 3.48. The normalized spacial score (nSPS) is 12.3. The molecule has 0 aliphatic carbocycles. The van der Waals surface area contributed by atoms with E-state index in [2.05, 4.69) is 106 Å². The number of fused-ring (bicyclic) bond motifs is 6. The first-order valence-corrected chi connectivity index (χ1v) is 18.4. The van der Waals surface area contributed by atoms with Gasteiger partial charge in [0.25, 0.3) is 0 Å². The minimum Gasteiger partial charge on any atom is -0.512 e. The third kappa shape index (κ3) is 8.79. The van der Waals surface area contributed by atoms with Gasteiger partial charge in [0.05, 0.1) is 5.76 Å². The minimum atomic E-state index is -0.0168. The second-order valence-electron chi connectivity index (χ2n) is 15.0. The van der Waals surface area contributed by atoms with Crippen molar-refractivity contribution in [1.82, 2.24) is 9.97 Å². The van der Waals surface area contributed by atoms with Crippen molar-refractivity contribution in [3.63, 3.8) is 0 Å². The number of nitrogens with zero attached hydrogens (tertiary/aromatic N) is 2. The van der Waals surface area contributed by atoms with Crippen LogP contribution in [-0.4, -0.2) is 20.9 Å². The third-order valence-corrected chi connectivity index (χ3v) is 9.88. The van der Waals surface area contributed by atoms with Gasteiger partial charge in [-0.15, -0.1) is 29.1 Å². The molecule has 0 saturated heterocycles. The molecule has 0 saturated carbocycles. The summed E-state index contributed by atoms with van der Waals surface area (Å²) >= 11 is 0. The fraction of sp³-hybridized carbons (Fsp3) is 0.400. The zero-order chi connectivity index (χ0) is 36.2. The summed E-state index contributed by atoms with van der Waals surface area (Å²) in [6, 6.07) is 25.4. The van der Waals surface area contributed by atoms with Crippen molar-refractivity contribution >= 4 is 49.4 Å². The molecule has 0 amide bonds. The Balaban J connectivity index is 0.000000312. The quantitative estimate of drug-likeness (QED) is 0.0843. The molecule has 0 aliphatic rings. The van der Waals surface area contributed by atoms with E-state index >= 15 is 0 Å². The number of aliphatic hydroxyl groups excluding tert-OH is 1. The number of furan rings is 1. The molecule has 0 aliphatic heterocycles. The van der Waals surface area contributed by atoms with Gasteiger partial charge in [0.2, 0.25) is 5.71 Å². The first kappa shape index (κ1) is 39.9. The smallest absolute Gasteiger partial charge is 0.223 e. The summed E-state index contributed by atoms with van der Waals surface area (Å²) in [5, 5.41) is 16.4. The number of aliphatic hydroxyl groups is 1. The van der Waals surface area contributed by atoms with Crippen molar-refractivity contribution < 1.29 is 34.4 Å². The van der Waals surface area contributed by atoms with Crippen LogP contribution >= 0.6 is 0 Å². The summed E-state index contributed by atoms with van der Waals surface area (Å²) in [5.41, 5.74) is 5.92. The van der Waals surface area contributed by atoms with Crippen molar-refractivity contribution in [3.8, 4) is 11.3 Å². The number of aromatic nitrogens is 2. The Labute approximate surface area is 317 Å². The van der Waals surface area contributed by atoms with Gasteiger partial charge >= 0.3 is 0 Å². The molecule has 0 fully saturated rings. The summed E-state index contributed by atoms with van der Waals surface area (Å²) in [6.45, 7) is 19.3. The number of allylic oxidation sites excluding steroid dienone is 2. The van der Waals surface area contributed by atoms with E-state index in [1.807, 2.05) is 27.7 Å². The van der Waals surface area contributed by atoms with Gasteiger partial charge in [-0.25, -0.2) is 4.98 Å². The molecule has 1 radical (unpaired) electrons. The second kappa shape index (κ2) is 17.1. The van der Waals surface area contributed by atoms with Gasteiger partial charge in [0, 0.05) is 59.9 Å². The summed E-state index contributed by atoms with van der Waals surface area (Å²) in [5.74, 6) is 1.14. The number of hydrogen-bond acceptors (Lipinski definition) is 5. The predicted molar refractivity (Wildman–Crippen MR) is 210 cm³/mol. The fourth-order valence-electron chi connectivity index (χ4n) is 6.99. The molecule has 1 N–H and O–H groups in total. The topological polar surface area (TPSA) is 76.2 Å². The summed E-state index contributed by atoms with van der Waals surface area (Å²) in [4.78, 5) is 21.0. The Bertz CT molecular complexity index is 2150. The van der Waals surface area contributed by atoms with Crippen LogP contribution in [0.15, 0.2) is 83.2 Å². The van der Waals surface area contributed by atoms with Crippen LogP contribution in [0.2, 0.25) is 0 Å². The molecule has 0 atom stereocenters. The van der Waals surface area contributed by atoms with E-state index in [-0.39, 0.29) is 48.9 Å². The standard InChI is InChI=1S/C32H29N2O.C13H24O2.Ir/c1-19(2)14-20-10-11-21-12-13-25-28-29(33-18-34-31(28)35-30(25)26(21)15-20)23-16-22-8-6-7-9-24(22)27(17-23)32(3,4)5;1-5-10(6-2)12(14)9-13(15)11(7-3)8-4;/h6-13,15,17-19H,14H2,1-5H3;9-11,14H,5-8H2,1-4H3;/q-1;;/b;12-9-;. The number of carbonyl (C=O) groups is 1. The van der Waals surface area contributed by atoms with Crippen LogP contribution in [-0.2, 0) is 36.7 Å². The number of carbonyl (C=O) groups excluding carboxylic acids is 1. The maximum absolute atomic E-state index is 11.7. The van der Waals surface area contributed by atoms with Gasteiger partial charge in [-0.3, -0.25) is 9.78 Å². The van der Waals surface area contributed by atoms with E-state index in [0.717, 1.165) is 70.5 Å². The Morgan fingerprint density at radius 1 is 0.863 bits per heavy atom. The maximum Gasteiger partial charge on any atom is 0.223 e. The van der Waals surface area contributed by atoms with Crippen molar-refractivity contribution in [1.29, 1.82) is 0 Å². The van der Waals surface area contributed by atoms with Crippen LogP contribution in [0.4, 0.5) is 0 Å². The van der Waals surface area contributed by atoms with Gasteiger partial charge in [-0.05, 0) is 60.5 Å². The minimum absolute atomic E-state index is 0. The molecule has 0 bridgehead atoms. The second-order valence-corrected chi connectivity index (χ2v) is 15.0. The molecule has 6 rings (SSSR count). The van der Waals surface area contributed by atoms with Crippen LogP contribution in [0.1, 0.15) is 99.1 Å². The molecular weight excluding hydrogens is 809 g/mol. The average molecular weight is 862 g/mol. The molecular formula is C45H53IrN2O3-. The Hall–Kier alpha value is -3.86. The Morgan fingerprint density at radius 3 is 2.18 bits per heavy atom. The van der Waals surface area contributed by atoms with E-state index in [1.165, 1.54) is 28.0 Å². The van der Waals surface area contributed by atoms with Gasteiger partial charge in [-0.2, -0.15) is 0 Å².